The van der Waals surface area contributed by atoms with Gasteiger partial charge in [0.2, 0.25) is 0 Å². The molecule has 0 aromatic heterocycles. The fourth-order valence-electron chi connectivity index (χ4n) is 1.62. The monoisotopic (exact) mass is 265 g/mol. The summed E-state index contributed by atoms with van der Waals surface area (Å²) in [5.41, 5.74) is -0.799. The molecule has 0 saturated carbocycles. The van der Waals surface area contributed by atoms with Gasteiger partial charge < -0.3 is 15.5 Å². The van der Waals surface area contributed by atoms with Crippen LogP contribution in [0.15, 0.2) is 18.2 Å². The summed E-state index contributed by atoms with van der Waals surface area (Å²) >= 11 is 0. The summed E-state index contributed by atoms with van der Waals surface area (Å²) in [6, 6.07) is 4.36. The SMILES string of the molecule is COC(=O)C(C)(C)Nc1cccc([N+](=O)[O-])c1C=N. The van der Waals surface area contributed by atoms with Crippen molar-refractivity contribution in [3.8, 4) is 0 Å². The Morgan fingerprint density at radius 3 is 2.63 bits per heavy atom. The normalized spacial score (nSPS) is 10.7. The maximum Gasteiger partial charge on any atom is 0.330 e. The molecule has 1 rings (SSSR count). The van der Waals surface area contributed by atoms with E-state index < -0.39 is 16.4 Å². The van der Waals surface area contributed by atoms with E-state index in [9.17, 15) is 14.9 Å². The van der Waals surface area contributed by atoms with Crippen LogP contribution in [0, 0.1) is 15.5 Å². The third-order valence-corrected chi connectivity index (χ3v) is 2.57. The van der Waals surface area contributed by atoms with Gasteiger partial charge in [0.05, 0.1) is 23.3 Å². The standard InChI is InChI=1S/C12H15N3O4/c1-12(2,11(16)19-3)14-9-5-4-6-10(15(17)18)8(9)7-13/h4-7,13-14H,1-3H3. The lowest BCUT2D eigenvalue weighted by atomic mass is 10.0. The molecule has 102 valence electrons. The smallest absolute Gasteiger partial charge is 0.330 e. The van der Waals surface area contributed by atoms with Crippen molar-refractivity contribution in [2.45, 2.75) is 19.4 Å². The van der Waals surface area contributed by atoms with Crippen molar-refractivity contribution in [3.63, 3.8) is 0 Å². The molecule has 7 nitrogen and oxygen atoms in total. The highest BCUT2D eigenvalue weighted by atomic mass is 16.6. The Morgan fingerprint density at radius 2 is 2.16 bits per heavy atom. The Kier molecular flexibility index (Phi) is 4.21. The van der Waals surface area contributed by atoms with Crippen LogP contribution >= 0.6 is 0 Å². The lowest BCUT2D eigenvalue weighted by Crippen LogP contribution is -2.41. The van der Waals surface area contributed by atoms with Gasteiger partial charge in [-0.1, -0.05) is 6.07 Å². The molecule has 0 fully saturated rings. The van der Waals surface area contributed by atoms with E-state index in [1.165, 1.54) is 19.2 Å². The summed E-state index contributed by atoms with van der Waals surface area (Å²) in [5.74, 6) is -0.505. The predicted octanol–water partition coefficient (Wildman–Crippen LogP) is 1.96. The third kappa shape index (κ3) is 3.06. The number of hydrogen-bond acceptors (Lipinski definition) is 6. The third-order valence-electron chi connectivity index (χ3n) is 2.57. The minimum absolute atomic E-state index is 0.115. The first kappa shape index (κ1) is 14.6. The number of nitro groups is 1. The lowest BCUT2D eigenvalue weighted by Gasteiger charge is -2.25. The zero-order chi connectivity index (χ0) is 14.6. The summed E-state index contributed by atoms with van der Waals surface area (Å²) in [7, 11) is 1.26. The Balaban J connectivity index is 3.22. The molecule has 0 atom stereocenters. The highest BCUT2D eigenvalue weighted by Crippen LogP contribution is 2.27. The first-order valence-electron chi connectivity index (χ1n) is 5.48. The Hall–Kier alpha value is -2.44. The first-order chi connectivity index (χ1) is 8.83. The maximum absolute atomic E-state index is 11.6. The number of rotatable bonds is 5. The molecule has 0 aliphatic carbocycles. The van der Waals surface area contributed by atoms with Gasteiger partial charge in [-0.2, -0.15) is 0 Å². The summed E-state index contributed by atoms with van der Waals surface area (Å²) < 4.78 is 4.65. The molecular weight excluding hydrogens is 250 g/mol. The number of anilines is 1. The number of hydrogen-bond donors (Lipinski definition) is 2. The van der Waals surface area contributed by atoms with Crippen LogP contribution in [0.25, 0.3) is 0 Å². The van der Waals surface area contributed by atoms with Crippen molar-refractivity contribution in [1.29, 1.82) is 5.41 Å². The zero-order valence-corrected chi connectivity index (χ0v) is 10.9. The highest BCUT2D eigenvalue weighted by Gasteiger charge is 2.30. The quantitative estimate of drug-likeness (QED) is 0.366. The number of carbonyl (C=O) groups is 1. The number of methoxy groups -OCH3 is 1. The van der Waals surface area contributed by atoms with Crippen LogP contribution in [0.2, 0.25) is 0 Å². The number of benzene rings is 1. The highest BCUT2D eigenvalue weighted by molar-refractivity contribution is 5.93. The second-order valence-corrected chi connectivity index (χ2v) is 4.38. The van der Waals surface area contributed by atoms with Crippen molar-refractivity contribution >= 4 is 23.6 Å². The Labute approximate surface area is 110 Å². The van der Waals surface area contributed by atoms with Gasteiger partial charge in [-0.25, -0.2) is 4.79 Å². The first-order valence-corrected chi connectivity index (χ1v) is 5.48. The van der Waals surface area contributed by atoms with Crippen LogP contribution in [0.5, 0.6) is 0 Å². The van der Waals surface area contributed by atoms with Gasteiger partial charge in [-0.15, -0.1) is 0 Å². The fraction of sp³-hybridized carbons (Fsp3) is 0.333. The number of ether oxygens (including phenoxy) is 1. The lowest BCUT2D eigenvalue weighted by molar-refractivity contribution is -0.384. The topological polar surface area (TPSA) is 105 Å². The van der Waals surface area contributed by atoms with E-state index in [1.54, 1.807) is 19.9 Å². The number of carbonyl (C=O) groups excluding carboxylic acids is 1. The minimum atomic E-state index is -1.05. The molecule has 0 aliphatic heterocycles. The molecule has 0 unspecified atom stereocenters. The Morgan fingerprint density at radius 1 is 1.53 bits per heavy atom. The van der Waals surface area contributed by atoms with Gasteiger partial charge in [0.25, 0.3) is 5.69 Å². The average molecular weight is 265 g/mol. The van der Waals surface area contributed by atoms with Gasteiger partial charge in [0.1, 0.15) is 5.54 Å². The van der Waals surface area contributed by atoms with Gasteiger partial charge in [0, 0.05) is 12.3 Å². The van der Waals surface area contributed by atoms with E-state index in [1.807, 2.05) is 0 Å². The molecule has 1 aromatic rings. The molecule has 0 radical (unpaired) electrons. The molecule has 19 heavy (non-hydrogen) atoms. The number of esters is 1. The van der Waals surface area contributed by atoms with Crippen molar-refractivity contribution in [2.24, 2.45) is 0 Å². The summed E-state index contributed by atoms with van der Waals surface area (Å²) in [6.07, 6.45) is 0.883. The summed E-state index contributed by atoms with van der Waals surface area (Å²) in [6.45, 7) is 3.18. The van der Waals surface area contributed by atoms with Gasteiger partial charge in [-0.3, -0.25) is 10.1 Å². The summed E-state index contributed by atoms with van der Waals surface area (Å²) in [4.78, 5) is 21.9. The molecule has 7 heteroatoms. The van der Waals surface area contributed by atoms with Crippen molar-refractivity contribution in [2.75, 3.05) is 12.4 Å². The predicted molar refractivity (Wildman–Crippen MR) is 70.7 cm³/mol. The van der Waals surface area contributed by atoms with E-state index in [2.05, 4.69) is 10.1 Å². The molecule has 0 bridgehead atoms. The molecule has 1 aromatic carbocycles. The van der Waals surface area contributed by atoms with Crippen LogP contribution in [-0.4, -0.2) is 29.8 Å². The average Bonchev–Trinajstić information content (AvgIpc) is 2.36. The maximum atomic E-state index is 11.6. The molecule has 0 amide bonds. The van der Waals surface area contributed by atoms with E-state index in [0.29, 0.717) is 5.69 Å². The van der Waals surface area contributed by atoms with Crippen molar-refractivity contribution in [1.82, 2.24) is 0 Å². The molecule has 2 N–H and O–H groups in total. The molecular formula is C12H15N3O4. The molecule has 0 aliphatic rings. The van der Waals surface area contributed by atoms with Gasteiger partial charge >= 0.3 is 5.97 Å². The van der Waals surface area contributed by atoms with Gasteiger partial charge in [-0.05, 0) is 19.9 Å². The molecule has 0 spiro atoms. The number of nitrogens with one attached hydrogen (secondary N) is 2. The van der Waals surface area contributed by atoms with Crippen LogP contribution in [-0.2, 0) is 9.53 Å². The largest absolute Gasteiger partial charge is 0.467 e. The van der Waals surface area contributed by atoms with E-state index in [4.69, 9.17) is 5.41 Å². The van der Waals surface area contributed by atoms with Gasteiger partial charge in [0.15, 0.2) is 0 Å². The second-order valence-electron chi connectivity index (χ2n) is 4.38. The fourth-order valence-corrected chi connectivity index (χ4v) is 1.62. The van der Waals surface area contributed by atoms with E-state index in [-0.39, 0.29) is 11.3 Å². The Bertz CT molecular complexity index is 526. The number of nitro benzene ring substituents is 1. The molecule has 0 saturated heterocycles. The van der Waals surface area contributed by atoms with E-state index in [0.717, 1.165) is 6.21 Å². The van der Waals surface area contributed by atoms with Crippen LogP contribution in [0.1, 0.15) is 19.4 Å². The van der Waals surface area contributed by atoms with Crippen molar-refractivity contribution in [3.05, 3.63) is 33.9 Å². The van der Waals surface area contributed by atoms with Crippen LogP contribution < -0.4 is 5.32 Å². The minimum Gasteiger partial charge on any atom is -0.467 e. The van der Waals surface area contributed by atoms with Crippen LogP contribution in [0.4, 0.5) is 11.4 Å². The van der Waals surface area contributed by atoms with E-state index >= 15 is 0 Å². The van der Waals surface area contributed by atoms with Crippen molar-refractivity contribution < 1.29 is 14.5 Å². The molecule has 0 heterocycles. The zero-order valence-electron chi connectivity index (χ0n) is 10.9. The second kappa shape index (κ2) is 5.47. The summed E-state index contributed by atoms with van der Waals surface area (Å²) in [5, 5.41) is 21.0. The number of nitrogens with zero attached hydrogens (tertiary/aromatic N) is 1. The van der Waals surface area contributed by atoms with Crippen LogP contribution in [0.3, 0.4) is 0 Å².